The Morgan fingerprint density at radius 1 is 0.872 bits per heavy atom. The second-order valence-electron chi connectivity index (χ2n) is 14.5. The van der Waals surface area contributed by atoms with Gasteiger partial charge in [-0.05, 0) is 25.7 Å². The van der Waals surface area contributed by atoms with Crippen LogP contribution in [0.2, 0.25) is 17.3 Å². The molecule has 0 fully saturated rings. The van der Waals surface area contributed by atoms with Crippen molar-refractivity contribution in [3.63, 3.8) is 0 Å². The molecule has 5 rings (SSSR count). The summed E-state index contributed by atoms with van der Waals surface area (Å²) in [5, 5.41) is 14.9. The van der Waals surface area contributed by atoms with Crippen molar-refractivity contribution in [2.45, 2.75) is 96.8 Å². The van der Waals surface area contributed by atoms with Crippen LogP contribution in [0.25, 0.3) is 42.2 Å². The zero-order valence-corrected chi connectivity index (χ0v) is 35.2. The zero-order chi connectivity index (χ0) is 33.8. The van der Waals surface area contributed by atoms with Gasteiger partial charge in [-0.15, -0.1) is 0 Å². The van der Waals surface area contributed by atoms with E-state index in [0.717, 1.165) is 42.3 Å². The fourth-order valence-corrected chi connectivity index (χ4v) is 12.4. The summed E-state index contributed by atoms with van der Waals surface area (Å²) < 4.78 is 4.32. The fraction of sp³-hybridized carbons (Fsp3) is 0.415. The van der Waals surface area contributed by atoms with Gasteiger partial charge in [0.1, 0.15) is 0 Å². The first-order chi connectivity index (χ1) is 21.7. The van der Waals surface area contributed by atoms with Crippen molar-refractivity contribution in [2.75, 3.05) is 0 Å². The summed E-state index contributed by atoms with van der Waals surface area (Å²) in [5.74, 6) is 7.98. The molecule has 5 aromatic rings. The molecule has 0 atom stereocenters. The van der Waals surface area contributed by atoms with Gasteiger partial charge in [-0.3, -0.25) is 4.79 Å². The molecule has 3 aromatic carbocycles. The Balaban J connectivity index is 0.000000322. The summed E-state index contributed by atoms with van der Waals surface area (Å²) >= 11 is -0.0661. The van der Waals surface area contributed by atoms with Crippen molar-refractivity contribution in [1.29, 1.82) is 0 Å². The van der Waals surface area contributed by atoms with Crippen molar-refractivity contribution in [3.05, 3.63) is 84.3 Å². The van der Waals surface area contributed by atoms with Crippen LogP contribution in [0.15, 0.2) is 72.6 Å². The van der Waals surface area contributed by atoms with Gasteiger partial charge in [0.25, 0.3) is 0 Å². The molecule has 6 heteroatoms. The van der Waals surface area contributed by atoms with Crippen LogP contribution in [0.5, 0.6) is 0 Å². The molecule has 0 spiro atoms. The normalized spacial score (nSPS) is 12.5. The number of benzene rings is 3. The summed E-state index contributed by atoms with van der Waals surface area (Å²) in [6, 6.07) is 23.7. The number of pyridine rings is 1. The van der Waals surface area contributed by atoms with Crippen molar-refractivity contribution in [3.8, 4) is 11.3 Å². The number of fused-ring (bicyclic) bond motifs is 4. The van der Waals surface area contributed by atoms with E-state index in [0.29, 0.717) is 0 Å². The average molecular weight is 888 g/mol. The molecule has 0 aliphatic heterocycles. The summed E-state index contributed by atoms with van der Waals surface area (Å²) in [5.41, 5.74) is 3.55. The summed E-state index contributed by atoms with van der Waals surface area (Å²) in [4.78, 5) is 16.6. The van der Waals surface area contributed by atoms with E-state index < -0.39 is 13.3 Å². The van der Waals surface area contributed by atoms with Crippen LogP contribution < -0.4 is 4.40 Å². The van der Waals surface area contributed by atoms with Crippen molar-refractivity contribution < 1.29 is 30.0 Å². The minimum Gasteiger partial charge on any atom is -0.512 e. The van der Waals surface area contributed by atoms with E-state index >= 15 is 0 Å². The number of aliphatic hydroxyl groups is 1. The van der Waals surface area contributed by atoms with Gasteiger partial charge in [0, 0.05) is 38.0 Å². The van der Waals surface area contributed by atoms with Crippen LogP contribution in [-0.2, 0) is 30.3 Å². The van der Waals surface area contributed by atoms with Gasteiger partial charge in [0.15, 0.2) is 5.78 Å². The van der Waals surface area contributed by atoms with E-state index in [9.17, 15) is 9.90 Å². The first-order valence-electron chi connectivity index (χ1n) is 17.0. The van der Waals surface area contributed by atoms with Crippen LogP contribution in [0, 0.1) is 17.9 Å². The molecular weight excluding hydrogens is 835 g/mol. The van der Waals surface area contributed by atoms with E-state index in [4.69, 9.17) is 4.98 Å². The Morgan fingerprint density at radius 2 is 1.47 bits per heavy atom. The van der Waals surface area contributed by atoms with E-state index in [1.807, 2.05) is 45.2 Å². The molecule has 0 saturated heterocycles. The second-order valence-corrected chi connectivity index (χ2v) is 26.1. The summed E-state index contributed by atoms with van der Waals surface area (Å²) in [7, 11) is 0. The number of thiophene rings is 1. The molecule has 0 saturated carbocycles. The second kappa shape index (κ2) is 16.4. The van der Waals surface area contributed by atoms with Gasteiger partial charge in [-0.25, -0.2) is 0 Å². The predicted molar refractivity (Wildman–Crippen MR) is 204 cm³/mol. The monoisotopic (exact) mass is 889 g/mol. The predicted octanol–water partition coefficient (Wildman–Crippen LogP) is 11.8. The number of carbonyl (C=O) groups is 1. The van der Waals surface area contributed by atoms with Crippen LogP contribution in [0.3, 0.4) is 0 Å². The Bertz CT molecular complexity index is 1850. The average Bonchev–Trinajstić information content (AvgIpc) is 3.40. The number of ketones is 1. The zero-order valence-electron chi connectivity index (χ0n) is 29.9. The maximum absolute atomic E-state index is 11.7. The van der Waals surface area contributed by atoms with E-state index in [1.165, 1.54) is 37.2 Å². The molecule has 0 amide bonds. The molecular formula is C41H52GeIrNO2S-. The Hall–Kier alpha value is -2.31. The van der Waals surface area contributed by atoms with E-state index in [1.54, 1.807) is 4.40 Å². The summed E-state index contributed by atoms with van der Waals surface area (Å²) in [6.07, 6.45) is 6.87. The molecule has 0 aliphatic rings. The maximum atomic E-state index is 11.7. The number of aliphatic hydroxyl groups excluding tert-OH is 1. The van der Waals surface area contributed by atoms with Gasteiger partial charge in [-0.2, -0.15) is 0 Å². The van der Waals surface area contributed by atoms with Crippen LogP contribution in [-0.4, -0.2) is 29.1 Å². The Kier molecular flexibility index (Phi) is 13.7. The van der Waals surface area contributed by atoms with Crippen LogP contribution in [0.1, 0.15) is 79.7 Å². The maximum Gasteiger partial charge on any atom is 0.162 e. The molecule has 3 nitrogen and oxygen atoms in total. The quantitative estimate of drug-likeness (QED) is 0.0694. The van der Waals surface area contributed by atoms with Crippen LogP contribution in [0.4, 0.5) is 0 Å². The van der Waals surface area contributed by atoms with Crippen molar-refractivity contribution >= 4 is 65.7 Å². The third-order valence-electron chi connectivity index (χ3n) is 9.14. The number of nitrogens with zero attached hydrogens (tertiary/aromatic N) is 1. The van der Waals surface area contributed by atoms with E-state index in [-0.39, 0.29) is 48.9 Å². The Morgan fingerprint density at radius 3 is 2.06 bits per heavy atom. The third kappa shape index (κ3) is 8.84. The molecule has 0 aliphatic carbocycles. The summed E-state index contributed by atoms with van der Waals surface area (Å²) in [6.45, 7) is 14.9. The number of hydrogen-bond acceptors (Lipinski definition) is 4. The number of carbonyl (C=O) groups excluding carboxylic acids is 1. The molecule has 0 unspecified atom stereocenters. The van der Waals surface area contributed by atoms with Gasteiger partial charge < -0.3 is 5.11 Å². The molecule has 0 bridgehead atoms. The topological polar surface area (TPSA) is 50.2 Å². The molecule has 2 aromatic heterocycles. The smallest absolute Gasteiger partial charge is 0.162 e. The van der Waals surface area contributed by atoms with E-state index in [2.05, 4.69) is 98.7 Å². The minimum absolute atomic E-state index is 0. The van der Waals surface area contributed by atoms with Gasteiger partial charge >= 0.3 is 192 Å². The number of allylic oxidation sites excluding steroid dienone is 2. The molecule has 1 radical (unpaired) electrons. The first kappa shape index (κ1) is 39.1. The fourth-order valence-electron chi connectivity index (χ4n) is 6.26. The van der Waals surface area contributed by atoms with Gasteiger partial charge in [-0.1, -0.05) is 27.7 Å². The van der Waals surface area contributed by atoms with Gasteiger partial charge in [0.2, 0.25) is 0 Å². The number of aromatic nitrogens is 1. The first-order valence-corrected chi connectivity index (χ1v) is 25.1. The van der Waals surface area contributed by atoms with Crippen molar-refractivity contribution in [1.82, 2.24) is 4.98 Å². The molecule has 47 heavy (non-hydrogen) atoms. The molecule has 1 N–H and O–H groups in total. The van der Waals surface area contributed by atoms with Crippen LogP contribution >= 0.6 is 11.3 Å². The minimum atomic E-state index is -1.99. The Labute approximate surface area is 303 Å². The largest absolute Gasteiger partial charge is 0.512 e. The number of hydrogen-bond donors (Lipinski definition) is 1. The molecule has 253 valence electrons. The van der Waals surface area contributed by atoms with Crippen molar-refractivity contribution in [2.24, 2.45) is 11.8 Å². The van der Waals surface area contributed by atoms with Gasteiger partial charge in [0.05, 0.1) is 5.76 Å². The standard InChI is InChI=1S/C28H28GeNS.C13H24O2.Ir/c1-28(2,3)23-17-19(16-18-10-7-8-11-20(18)23)25-27-22(14-15-30-25)21-12-9-13-24(26(21)31-27)29(4,5)6;1-5-10(6-2)12(14)9-13(15)11(7-3)8-4;/h7-15,17H,1-6H3;9-11,14H,5-8H2,1-4H3;/q-1;;/b;12-9-;. The third-order valence-corrected chi connectivity index (χ3v) is 15.0. The molecule has 2 heterocycles. The SMILES string of the molecule is CC(C)(C)c1cc(-c2nccc3c2sc2[c]([Ge]([CH3])([CH3])[CH3])cccc23)[c-]c2ccccc12.CCC(CC)C(=O)/C=C(\O)C(CC)CC.[Ir]. The number of rotatable bonds is 9.